The van der Waals surface area contributed by atoms with E-state index >= 15 is 0 Å². The highest BCUT2D eigenvalue weighted by Gasteiger charge is 2.33. The van der Waals surface area contributed by atoms with Crippen molar-refractivity contribution in [2.24, 2.45) is 0 Å². The molecule has 0 saturated carbocycles. The Morgan fingerprint density at radius 1 is 1.27 bits per heavy atom. The first-order valence-corrected chi connectivity index (χ1v) is 8.86. The van der Waals surface area contributed by atoms with Gasteiger partial charge in [0.1, 0.15) is 0 Å². The van der Waals surface area contributed by atoms with Gasteiger partial charge in [-0.05, 0) is 54.1 Å². The molecule has 2 N–H and O–H groups in total. The minimum atomic E-state index is -0.381. The number of nitrogens with zero attached hydrogens (tertiary/aromatic N) is 1. The number of nitrogens with one attached hydrogen (secondary N) is 1. The van der Waals surface area contributed by atoms with Crippen LogP contribution in [0.3, 0.4) is 0 Å². The third-order valence-corrected chi connectivity index (χ3v) is 5.56. The molecule has 4 nitrogen and oxygen atoms in total. The van der Waals surface area contributed by atoms with Crippen LogP contribution in [0, 0.1) is 0 Å². The third-order valence-electron chi connectivity index (χ3n) is 3.59. The molecule has 0 aliphatic carbocycles. The molecule has 1 aliphatic heterocycles. The second kappa shape index (κ2) is 6.64. The Balaban J connectivity index is 1.93. The van der Waals surface area contributed by atoms with Crippen molar-refractivity contribution in [1.82, 2.24) is 5.48 Å². The van der Waals surface area contributed by atoms with Gasteiger partial charge >= 0.3 is 0 Å². The minimum absolute atomic E-state index is 0.0894. The number of hydrogen-bond donors (Lipinski definition) is 2. The molecule has 1 heterocycles. The maximum absolute atomic E-state index is 11.7. The maximum atomic E-state index is 11.7. The first-order chi connectivity index (χ1) is 10.7. The van der Waals surface area contributed by atoms with Gasteiger partial charge in [-0.15, -0.1) is 11.8 Å². The molecule has 1 atom stereocenters. The molecule has 0 saturated heterocycles. The van der Waals surface area contributed by atoms with Crippen LogP contribution in [0.4, 0.5) is 5.69 Å². The van der Waals surface area contributed by atoms with Gasteiger partial charge in [-0.3, -0.25) is 10.0 Å². The predicted octanol–water partition coefficient (Wildman–Crippen LogP) is 3.87. The topological polar surface area (TPSA) is 52.6 Å². The first-order valence-electron chi connectivity index (χ1n) is 6.86. The van der Waals surface area contributed by atoms with Gasteiger partial charge in [0, 0.05) is 15.5 Å². The second-order valence-electron chi connectivity index (χ2n) is 4.91. The molecule has 3 rings (SSSR count). The zero-order chi connectivity index (χ0) is 15.5. The first kappa shape index (κ1) is 15.3. The molecule has 0 fully saturated rings. The molecule has 0 bridgehead atoms. The van der Waals surface area contributed by atoms with E-state index < -0.39 is 0 Å². The van der Waals surface area contributed by atoms with Crippen LogP contribution in [0.2, 0.25) is 0 Å². The van der Waals surface area contributed by atoms with Crippen LogP contribution in [0.1, 0.15) is 18.0 Å². The summed E-state index contributed by atoms with van der Waals surface area (Å²) in [7, 11) is 0. The molecule has 1 amide bonds. The molecule has 1 unspecified atom stereocenters. The van der Waals surface area contributed by atoms with E-state index in [1.807, 2.05) is 24.5 Å². The Morgan fingerprint density at radius 2 is 2.00 bits per heavy atom. The van der Waals surface area contributed by atoms with E-state index in [4.69, 9.17) is 5.21 Å². The van der Waals surface area contributed by atoms with Gasteiger partial charge < -0.3 is 4.31 Å². The molecular formula is C16H16N2O2S2. The normalized spacial score (nSPS) is 16.5. The van der Waals surface area contributed by atoms with Crippen LogP contribution in [0.25, 0.3) is 0 Å². The second-order valence-corrected chi connectivity index (χ2v) is 6.80. The van der Waals surface area contributed by atoms with E-state index in [1.54, 1.807) is 29.2 Å². The lowest BCUT2D eigenvalue weighted by atomic mass is 10.0. The number of carbonyl (C=O) groups is 1. The van der Waals surface area contributed by atoms with E-state index in [9.17, 15) is 4.79 Å². The molecule has 6 heteroatoms. The molecule has 0 radical (unpaired) electrons. The summed E-state index contributed by atoms with van der Waals surface area (Å²) >= 11 is 3.33. The molecule has 2 aromatic carbocycles. The molecule has 0 spiro atoms. The maximum Gasteiger partial charge on any atom is 0.245 e. The van der Waals surface area contributed by atoms with Gasteiger partial charge in [-0.1, -0.05) is 18.2 Å². The fraction of sp³-hybridized carbons (Fsp3) is 0.188. The van der Waals surface area contributed by atoms with Crippen molar-refractivity contribution in [3.05, 3.63) is 54.1 Å². The van der Waals surface area contributed by atoms with Crippen LogP contribution in [0.5, 0.6) is 0 Å². The van der Waals surface area contributed by atoms with Crippen molar-refractivity contribution in [2.75, 3.05) is 10.6 Å². The number of thioether (sulfide) groups is 1. The van der Waals surface area contributed by atoms with Gasteiger partial charge in [0.05, 0.1) is 12.5 Å². The van der Waals surface area contributed by atoms with Crippen LogP contribution >= 0.6 is 23.7 Å². The SMILES string of the molecule is CSc1ccc(N2Sc3ccccc3C2CC(=O)NO)cc1. The minimum Gasteiger partial charge on any atom is -0.304 e. The highest BCUT2D eigenvalue weighted by molar-refractivity contribution is 8.01. The Hall–Kier alpha value is -1.63. The van der Waals surface area contributed by atoms with Gasteiger partial charge in [-0.2, -0.15) is 0 Å². The lowest BCUT2D eigenvalue weighted by Crippen LogP contribution is -2.26. The Labute approximate surface area is 138 Å². The standard InChI is InChI=1S/C16H16N2O2S2/c1-21-12-8-6-11(7-9-12)18-14(10-16(19)17-20)13-4-2-3-5-15(13)22-18/h2-9,14,20H,10H2,1H3,(H,17,19). The summed E-state index contributed by atoms with van der Waals surface area (Å²) in [5, 5.41) is 8.84. The molecule has 114 valence electrons. The van der Waals surface area contributed by atoms with E-state index in [0.717, 1.165) is 16.1 Å². The number of anilines is 1. The lowest BCUT2D eigenvalue weighted by molar-refractivity contribution is -0.129. The highest BCUT2D eigenvalue weighted by Crippen LogP contribution is 2.48. The van der Waals surface area contributed by atoms with Crippen molar-refractivity contribution in [3.63, 3.8) is 0 Å². The zero-order valence-corrected chi connectivity index (χ0v) is 13.7. The quantitative estimate of drug-likeness (QED) is 0.385. The number of fused-ring (bicyclic) bond motifs is 1. The summed E-state index contributed by atoms with van der Waals surface area (Å²) < 4.78 is 2.13. The lowest BCUT2D eigenvalue weighted by Gasteiger charge is -2.25. The molecule has 1 aliphatic rings. The van der Waals surface area contributed by atoms with Gasteiger partial charge in [0.25, 0.3) is 0 Å². The number of amides is 1. The van der Waals surface area contributed by atoms with Crippen molar-refractivity contribution >= 4 is 35.3 Å². The fourth-order valence-corrected chi connectivity index (χ4v) is 4.12. The Morgan fingerprint density at radius 3 is 2.68 bits per heavy atom. The van der Waals surface area contributed by atoms with E-state index in [-0.39, 0.29) is 18.4 Å². The van der Waals surface area contributed by atoms with E-state index in [2.05, 4.69) is 34.6 Å². The summed E-state index contributed by atoms with van der Waals surface area (Å²) in [6, 6.07) is 16.3. The summed E-state index contributed by atoms with van der Waals surface area (Å²) in [6.07, 6.45) is 2.26. The fourth-order valence-electron chi connectivity index (χ4n) is 2.51. The average Bonchev–Trinajstić information content (AvgIpc) is 2.93. The predicted molar refractivity (Wildman–Crippen MR) is 90.3 cm³/mol. The van der Waals surface area contributed by atoms with Crippen LogP contribution in [-0.2, 0) is 4.79 Å². The number of benzene rings is 2. The summed E-state index contributed by atoms with van der Waals surface area (Å²) in [4.78, 5) is 14.0. The van der Waals surface area contributed by atoms with Crippen LogP contribution < -0.4 is 9.79 Å². The van der Waals surface area contributed by atoms with Gasteiger partial charge in [0.2, 0.25) is 5.91 Å². The van der Waals surface area contributed by atoms with Gasteiger partial charge in [0.15, 0.2) is 0 Å². The zero-order valence-electron chi connectivity index (χ0n) is 12.0. The summed E-state index contributed by atoms with van der Waals surface area (Å²) in [5.74, 6) is -0.381. The van der Waals surface area contributed by atoms with Crippen molar-refractivity contribution in [2.45, 2.75) is 22.3 Å². The smallest absolute Gasteiger partial charge is 0.245 e. The molecular weight excluding hydrogens is 316 g/mol. The molecule has 0 aromatic heterocycles. The number of carbonyl (C=O) groups excluding carboxylic acids is 1. The summed E-state index contributed by atoms with van der Waals surface area (Å²) in [5.41, 5.74) is 3.90. The third kappa shape index (κ3) is 2.95. The Bertz CT molecular complexity index is 676. The molecule has 2 aromatic rings. The number of hydroxylamine groups is 1. The van der Waals surface area contributed by atoms with Gasteiger partial charge in [-0.25, -0.2) is 5.48 Å². The van der Waals surface area contributed by atoms with E-state index in [1.165, 1.54) is 4.90 Å². The number of rotatable bonds is 4. The largest absolute Gasteiger partial charge is 0.304 e. The van der Waals surface area contributed by atoms with Crippen molar-refractivity contribution in [3.8, 4) is 0 Å². The highest BCUT2D eigenvalue weighted by atomic mass is 32.2. The van der Waals surface area contributed by atoms with Crippen LogP contribution in [-0.4, -0.2) is 17.4 Å². The summed E-state index contributed by atoms with van der Waals surface area (Å²) in [6.45, 7) is 0. The van der Waals surface area contributed by atoms with Crippen molar-refractivity contribution in [1.29, 1.82) is 0 Å². The average molecular weight is 332 g/mol. The van der Waals surface area contributed by atoms with Crippen LogP contribution in [0.15, 0.2) is 58.3 Å². The van der Waals surface area contributed by atoms with Crippen molar-refractivity contribution < 1.29 is 10.0 Å². The monoisotopic (exact) mass is 332 g/mol. The Kier molecular flexibility index (Phi) is 4.61. The molecule has 22 heavy (non-hydrogen) atoms. The number of hydrogen-bond acceptors (Lipinski definition) is 5. The van der Waals surface area contributed by atoms with E-state index in [0.29, 0.717) is 0 Å².